The molecule has 1 aliphatic rings. The first-order valence-electron chi connectivity index (χ1n) is 7.78. The van der Waals surface area contributed by atoms with E-state index in [0.717, 1.165) is 32.1 Å². The van der Waals surface area contributed by atoms with Crippen molar-refractivity contribution in [3.8, 4) is 0 Å². The van der Waals surface area contributed by atoms with Crippen LogP contribution in [0.25, 0.3) is 0 Å². The van der Waals surface area contributed by atoms with E-state index in [-0.39, 0.29) is 24.0 Å². The Balaban J connectivity index is 0.00000361. The van der Waals surface area contributed by atoms with Crippen LogP contribution in [0.1, 0.15) is 52.4 Å². The van der Waals surface area contributed by atoms with Crippen LogP contribution in [0.2, 0.25) is 0 Å². The Bertz CT molecular complexity index is 254. The molecule has 2 N–H and O–H groups in total. The van der Waals surface area contributed by atoms with E-state index in [0.29, 0.717) is 12.0 Å². The van der Waals surface area contributed by atoms with Crippen LogP contribution in [-0.2, 0) is 4.74 Å². The van der Waals surface area contributed by atoms with Gasteiger partial charge in [0.1, 0.15) is 0 Å². The SMILES string of the molecule is CN=C(NCCCOC1CCCCC1)NCC(C)C.I. The largest absolute Gasteiger partial charge is 0.378 e. The minimum atomic E-state index is 0. The molecule has 0 saturated heterocycles. The van der Waals surface area contributed by atoms with Gasteiger partial charge in [-0.15, -0.1) is 24.0 Å². The van der Waals surface area contributed by atoms with Crippen molar-refractivity contribution >= 4 is 29.9 Å². The minimum Gasteiger partial charge on any atom is -0.378 e. The van der Waals surface area contributed by atoms with E-state index < -0.39 is 0 Å². The maximum Gasteiger partial charge on any atom is 0.190 e. The first-order chi connectivity index (χ1) is 9.22. The highest BCUT2D eigenvalue weighted by Crippen LogP contribution is 2.20. The van der Waals surface area contributed by atoms with Crippen molar-refractivity contribution < 1.29 is 4.74 Å². The first-order valence-corrected chi connectivity index (χ1v) is 7.78. The average Bonchev–Trinajstić information content (AvgIpc) is 2.42. The summed E-state index contributed by atoms with van der Waals surface area (Å²) in [5, 5.41) is 6.63. The number of ether oxygens (including phenoxy) is 1. The molecule has 5 heteroatoms. The highest BCUT2D eigenvalue weighted by atomic mass is 127. The Hall–Kier alpha value is -0.0400. The number of nitrogens with zero attached hydrogens (tertiary/aromatic N) is 1. The molecule has 120 valence electrons. The van der Waals surface area contributed by atoms with Gasteiger partial charge in [0, 0.05) is 26.7 Å². The highest BCUT2D eigenvalue weighted by molar-refractivity contribution is 14.0. The second-order valence-electron chi connectivity index (χ2n) is 5.76. The molecule has 0 aromatic rings. The van der Waals surface area contributed by atoms with Crippen LogP contribution in [0.5, 0.6) is 0 Å². The molecule has 0 heterocycles. The lowest BCUT2D eigenvalue weighted by Crippen LogP contribution is -2.39. The van der Waals surface area contributed by atoms with E-state index in [1.807, 2.05) is 7.05 Å². The number of hydrogen-bond donors (Lipinski definition) is 2. The number of rotatable bonds is 7. The predicted molar refractivity (Wildman–Crippen MR) is 97.1 cm³/mol. The van der Waals surface area contributed by atoms with Gasteiger partial charge in [-0.1, -0.05) is 33.1 Å². The molecule has 0 spiro atoms. The summed E-state index contributed by atoms with van der Waals surface area (Å²) in [6.45, 7) is 7.12. The zero-order valence-corrected chi connectivity index (χ0v) is 15.6. The second kappa shape index (κ2) is 12.7. The van der Waals surface area contributed by atoms with E-state index in [9.17, 15) is 0 Å². The van der Waals surface area contributed by atoms with Crippen molar-refractivity contribution in [3.05, 3.63) is 0 Å². The van der Waals surface area contributed by atoms with Gasteiger partial charge in [0.2, 0.25) is 0 Å². The third-order valence-corrected chi connectivity index (χ3v) is 3.42. The second-order valence-corrected chi connectivity index (χ2v) is 5.76. The van der Waals surface area contributed by atoms with Crippen molar-refractivity contribution in [2.45, 2.75) is 58.5 Å². The van der Waals surface area contributed by atoms with Gasteiger partial charge < -0.3 is 15.4 Å². The van der Waals surface area contributed by atoms with Gasteiger partial charge in [-0.25, -0.2) is 0 Å². The van der Waals surface area contributed by atoms with Crippen molar-refractivity contribution in [3.63, 3.8) is 0 Å². The van der Waals surface area contributed by atoms with E-state index in [4.69, 9.17) is 4.74 Å². The zero-order valence-electron chi connectivity index (χ0n) is 13.3. The molecule has 1 saturated carbocycles. The molecule has 1 aliphatic carbocycles. The van der Waals surface area contributed by atoms with Crippen LogP contribution in [0, 0.1) is 5.92 Å². The number of aliphatic imine (C=N–C) groups is 1. The Morgan fingerprint density at radius 2 is 1.90 bits per heavy atom. The summed E-state index contributed by atoms with van der Waals surface area (Å²) in [4.78, 5) is 4.20. The fourth-order valence-electron chi connectivity index (χ4n) is 2.28. The summed E-state index contributed by atoms with van der Waals surface area (Å²) in [5.41, 5.74) is 0. The number of hydrogen-bond acceptors (Lipinski definition) is 2. The highest BCUT2D eigenvalue weighted by Gasteiger charge is 2.12. The number of guanidine groups is 1. The number of nitrogens with one attached hydrogen (secondary N) is 2. The van der Waals surface area contributed by atoms with Gasteiger partial charge in [-0.3, -0.25) is 4.99 Å². The van der Waals surface area contributed by atoms with Crippen LogP contribution in [0.15, 0.2) is 4.99 Å². The minimum absolute atomic E-state index is 0. The molecule has 0 aromatic heterocycles. The molecule has 1 rings (SSSR count). The molecular weight excluding hydrogens is 365 g/mol. The summed E-state index contributed by atoms with van der Waals surface area (Å²) < 4.78 is 5.90. The van der Waals surface area contributed by atoms with Gasteiger partial charge in [0.25, 0.3) is 0 Å². The van der Waals surface area contributed by atoms with Gasteiger partial charge in [-0.2, -0.15) is 0 Å². The van der Waals surface area contributed by atoms with E-state index in [1.165, 1.54) is 32.1 Å². The lowest BCUT2D eigenvalue weighted by Gasteiger charge is -2.22. The Morgan fingerprint density at radius 3 is 2.50 bits per heavy atom. The number of halogens is 1. The van der Waals surface area contributed by atoms with Crippen molar-refractivity contribution in [2.24, 2.45) is 10.9 Å². The normalized spacial score (nSPS) is 16.9. The Kier molecular flexibility index (Phi) is 12.7. The maximum absolute atomic E-state index is 5.90. The molecule has 1 fully saturated rings. The fourth-order valence-corrected chi connectivity index (χ4v) is 2.28. The van der Waals surface area contributed by atoms with E-state index >= 15 is 0 Å². The van der Waals surface area contributed by atoms with Crippen molar-refractivity contribution in [2.75, 3.05) is 26.7 Å². The molecule has 0 aliphatic heterocycles. The molecule has 0 amide bonds. The van der Waals surface area contributed by atoms with Crippen LogP contribution < -0.4 is 10.6 Å². The average molecular weight is 397 g/mol. The topological polar surface area (TPSA) is 45.7 Å². The van der Waals surface area contributed by atoms with Crippen LogP contribution in [-0.4, -0.2) is 38.8 Å². The smallest absolute Gasteiger partial charge is 0.190 e. The maximum atomic E-state index is 5.90. The van der Waals surface area contributed by atoms with Gasteiger partial charge in [0.15, 0.2) is 5.96 Å². The molecule has 4 nitrogen and oxygen atoms in total. The standard InChI is InChI=1S/C15H31N3O.HI/c1-13(2)12-18-15(16-3)17-10-7-11-19-14-8-5-4-6-9-14;/h13-14H,4-12H2,1-3H3,(H2,16,17,18);1H. The summed E-state index contributed by atoms with van der Waals surface area (Å²) in [5.74, 6) is 1.53. The Labute approximate surface area is 141 Å². The van der Waals surface area contributed by atoms with Gasteiger partial charge in [0.05, 0.1) is 6.10 Å². The van der Waals surface area contributed by atoms with Gasteiger partial charge in [-0.05, 0) is 25.2 Å². The van der Waals surface area contributed by atoms with Gasteiger partial charge >= 0.3 is 0 Å². The molecule has 0 aromatic carbocycles. The molecular formula is C15H32IN3O. The monoisotopic (exact) mass is 397 g/mol. The molecule has 20 heavy (non-hydrogen) atoms. The molecule has 0 unspecified atom stereocenters. The molecule has 0 atom stereocenters. The molecule has 0 bridgehead atoms. The molecule has 0 radical (unpaired) electrons. The summed E-state index contributed by atoms with van der Waals surface area (Å²) >= 11 is 0. The van der Waals surface area contributed by atoms with Crippen LogP contribution in [0.3, 0.4) is 0 Å². The predicted octanol–water partition coefficient (Wildman–Crippen LogP) is 3.16. The quantitative estimate of drug-likeness (QED) is 0.300. The lowest BCUT2D eigenvalue weighted by molar-refractivity contribution is 0.0277. The summed E-state index contributed by atoms with van der Waals surface area (Å²) in [7, 11) is 1.81. The summed E-state index contributed by atoms with van der Waals surface area (Å²) in [6, 6.07) is 0. The van der Waals surface area contributed by atoms with E-state index in [2.05, 4.69) is 29.5 Å². The van der Waals surface area contributed by atoms with Crippen LogP contribution in [0.4, 0.5) is 0 Å². The third-order valence-electron chi connectivity index (χ3n) is 3.42. The third kappa shape index (κ3) is 9.80. The van der Waals surface area contributed by atoms with E-state index in [1.54, 1.807) is 0 Å². The first kappa shape index (κ1) is 20.0. The zero-order chi connectivity index (χ0) is 13.9. The lowest BCUT2D eigenvalue weighted by atomic mass is 9.98. The van der Waals surface area contributed by atoms with Crippen molar-refractivity contribution in [1.82, 2.24) is 10.6 Å². The summed E-state index contributed by atoms with van der Waals surface area (Å²) in [6.07, 6.45) is 8.14. The van der Waals surface area contributed by atoms with Crippen molar-refractivity contribution in [1.29, 1.82) is 0 Å². The Morgan fingerprint density at radius 1 is 1.20 bits per heavy atom. The van der Waals surface area contributed by atoms with Crippen LogP contribution >= 0.6 is 24.0 Å². The fraction of sp³-hybridized carbons (Fsp3) is 0.933.